The predicted octanol–water partition coefficient (Wildman–Crippen LogP) is 1.73. The summed E-state index contributed by atoms with van der Waals surface area (Å²) in [6.45, 7) is 3.62. The lowest BCUT2D eigenvalue weighted by atomic mass is 10.1. The van der Waals surface area contributed by atoms with E-state index in [1.54, 1.807) is 13.0 Å². The molecule has 0 spiro atoms. The third-order valence-electron chi connectivity index (χ3n) is 1.30. The predicted molar refractivity (Wildman–Crippen MR) is 44.5 cm³/mol. The Hall–Kier alpha value is -0.440. The third kappa shape index (κ3) is 2.43. The zero-order chi connectivity index (χ0) is 8.15. The lowest BCUT2D eigenvalue weighted by Gasteiger charge is -2.06. The van der Waals surface area contributed by atoms with Crippen molar-refractivity contribution in [2.45, 2.75) is 25.5 Å². The van der Waals surface area contributed by atoms with Gasteiger partial charge in [0, 0.05) is 10.8 Å². The third-order valence-corrected chi connectivity index (χ3v) is 1.95. The molecule has 0 aromatic carbocycles. The Balaban J connectivity index is 4.23. The Bertz CT molecular complexity index is 152. The molecule has 3 heteroatoms. The summed E-state index contributed by atoms with van der Waals surface area (Å²) in [6.07, 6.45) is 2.33. The molecular formula is C7H12O2S. The van der Waals surface area contributed by atoms with Crippen LogP contribution < -0.4 is 0 Å². The van der Waals surface area contributed by atoms with E-state index in [4.69, 9.17) is 5.11 Å². The molecule has 0 saturated heterocycles. The first kappa shape index (κ1) is 9.56. The van der Waals surface area contributed by atoms with E-state index in [0.29, 0.717) is 5.57 Å². The quantitative estimate of drug-likeness (QED) is 0.487. The second-order valence-electron chi connectivity index (χ2n) is 1.97. The van der Waals surface area contributed by atoms with Crippen LogP contribution >= 0.6 is 12.6 Å². The number of thiol groups is 1. The van der Waals surface area contributed by atoms with E-state index in [2.05, 4.69) is 12.6 Å². The van der Waals surface area contributed by atoms with Gasteiger partial charge >= 0.3 is 5.97 Å². The molecule has 0 aliphatic carbocycles. The number of carbonyl (C=O) groups is 1. The number of hydrogen-bond donors (Lipinski definition) is 2. The molecule has 0 heterocycles. The minimum atomic E-state index is -0.871. The summed E-state index contributed by atoms with van der Waals surface area (Å²) in [4.78, 5) is 10.4. The van der Waals surface area contributed by atoms with Crippen molar-refractivity contribution in [2.75, 3.05) is 0 Å². The minimum Gasteiger partial charge on any atom is -0.478 e. The molecule has 0 aliphatic rings. The van der Waals surface area contributed by atoms with Gasteiger partial charge in [0.2, 0.25) is 0 Å². The number of allylic oxidation sites excluding steroid dienone is 1. The van der Waals surface area contributed by atoms with Gasteiger partial charge in [-0.2, -0.15) is 12.6 Å². The molecule has 0 fully saturated rings. The van der Waals surface area contributed by atoms with E-state index >= 15 is 0 Å². The van der Waals surface area contributed by atoms with Gasteiger partial charge in [0.25, 0.3) is 0 Å². The topological polar surface area (TPSA) is 37.3 Å². The Labute approximate surface area is 66.4 Å². The van der Waals surface area contributed by atoms with Gasteiger partial charge in [0.05, 0.1) is 0 Å². The van der Waals surface area contributed by atoms with Crippen LogP contribution in [0, 0.1) is 0 Å². The average Bonchev–Trinajstić information content (AvgIpc) is 1.88. The molecule has 0 aliphatic heterocycles. The monoisotopic (exact) mass is 160 g/mol. The molecular weight excluding hydrogens is 148 g/mol. The highest BCUT2D eigenvalue weighted by molar-refractivity contribution is 7.81. The maximum atomic E-state index is 10.4. The highest BCUT2D eigenvalue weighted by Gasteiger charge is 2.12. The summed E-state index contributed by atoms with van der Waals surface area (Å²) in [6, 6.07) is 0. The largest absolute Gasteiger partial charge is 0.478 e. The Kier molecular flexibility index (Phi) is 4.19. The normalized spacial score (nSPS) is 14.9. The van der Waals surface area contributed by atoms with Crippen molar-refractivity contribution in [1.29, 1.82) is 0 Å². The number of aliphatic carboxylic acids is 1. The van der Waals surface area contributed by atoms with E-state index in [-0.39, 0.29) is 5.25 Å². The maximum absolute atomic E-state index is 10.4. The molecule has 0 radical (unpaired) electrons. The molecule has 58 valence electrons. The van der Waals surface area contributed by atoms with Crippen molar-refractivity contribution in [3.05, 3.63) is 11.6 Å². The minimum absolute atomic E-state index is 0.137. The first-order valence-corrected chi connectivity index (χ1v) is 3.72. The van der Waals surface area contributed by atoms with Gasteiger partial charge in [-0.15, -0.1) is 0 Å². The summed E-state index contributed by atoms with van der Waals surface area (Å²) in [5, 5.41) is 8.42. The lowest BCUT2D eigenvalue weighted by Crippen LogP contribution is -2.11. The Morgan fingerprint density at radius 2 is 2.30 bits per heavy atom. The van der Waals surface area contributed by atoms with Crippen LogP contribution in [0.2, 0.25) is 0 Å². The number of hydrogen-bond acceptors (Lipinski definition) is 2. The summed E-state index contributed by atoms with van der Waals surface area (Å²) in [7, 11) is 0. The average molecular weight is 160 g/mol. The zero-order valence-corrected chi connectivity index (χ0v) is 7.06. The van der Waals surface area contributed by atoms with E-state index in [1.165, 1.54) is 0 Å². The van der Waals surface area contributed by atoms with Crippen LogP contribution in [0.3, 0.4) is 0 Å². The highest BCUT2D eigenvalue weighted by atomic mass is 32.1. The van der Waals surface area contributed by atoms with Crippen molar-refractivity contribution in [1.82, 2.24) is 0 Å². The fraction of sp³-hybridized carbons (Fsp3) is 0.571. The van der Waals surface area contributed by atoms with Crippen LogP contribution in [0.1, 0.15) is 20.3 Å². The van der Waals surface area contributed by atoms with Crippen molar-refractivity contribution >= 4 is 18.6 Å². The highest BCUT2D eigenvalue weighted by Crippen LogP contribution is 2.12. The van der Waals surface area contributed by atoms with Crippen LogP contribution in [0.25, 0.3) is 0 Å². The Morgan fingerprint density at radius 1 is 1.80 bits per heavy atom. The van der Waals surface area contributed by atoms with Gasteiger partial charge in [-0.1, -0.05) is 13.0 Å². The van der Waals surface area contributed by atoms with Gasteiger partial charge in [0.15, 0.2) is 0 Å². The van der Waals surface area contributed by atoms with Crippen LogP contribution in [0.5, 0.6) is 0 Å². The van der Waals surface area contributed by atoms with Crippen LogP contribution in [0.15, 0.2) is 11.6 Å². The molecule has 0 amide bonds. The molecule has 10 heavy (non-hydrogen) atoms. The number of carboxylic acids is 1. The SMILES string of the molecule is C/C=C(/C(=O)O)C(S)CC. The number of carboxylic acid groups (broad SMARTS) is 1. The van der Waals surface area contributed by atoms with E-state index in [9.17, 15) is 4.79 Å². The fourth-order valence-corrected chi connectivity index (χ4v) is 0.938. The van der Waals surface area contributed by atoms with Gasteiger partial charge in [-0.3, -0.25) is 0 Å². The zero-order valence-electron chi connectivity index (χ0n) is 6.16. The molecule has 0 saturated carbocycles. The molecule has 0 rings (SSSR count). The van der Waals surface area contributed by atoms with Gasteiger partial charge < -0.3 is 5.11 Å². The molecule has 1 atom stereocenters. The summed E-state index contributed by atoms with van der Waals surface area (Å²) < 4.78 is 0. The first-order chi connectivity index (χ1) is 4.63. The second-order valence-corrected chi connectivity index (χ2v) is 2.60. The van der Waals surface area contributed by atoms with Crippen molar-refractivity contribution in [3.8, 4) is 0 Å². The lowest BCUT2D eigenvalue weighted by molar-refractivity contribution is -0.132. The van der Waals surface area contributed by atoms with Gasteiger partial charge in [-0.05, 0) is 13.3 Å². The van der Waals surface area contributed by atoms with Crippen molar-refractivity contribution < 1.29 is 9.90 Å². The van der Waals surface area contributed by atoms with Crippen LogP contribution in [-0.2, 0) is 4.79 Å². The van der Waals surface area contributed by atoms with E-state index < -0.39 is 5.97 Å². The molecule has 1 N–H and O–H groups in total. The first-order valence-electron chi connectivity index (χ1n) is 3.21. The maximum Gasteiger partial charge on any atom is 0.332 e. The van der Waals surface area contributed by atoms with Crippen molar-refractivity contribution in [2.24, 2.45) is 0 Å². The van der Waals surface area contributed by atoms with E-state index in [1.807, 2.05) is 6.92 Å². The standard InChI is InChI=1S/C7H12O2S/c1-3-5(7(8)9)6(10)4-2/h3,6,10H,4H2,1-2H3,(H,8,9)/b5-3+. The summed E-state index contributed by atoms with van der Waals surface area (Å²) >= 11 is 4.10. The fourth-order valence-electron chi connectivity index (χ4n) is 0.678. The Morgan fingerprint density at radius 3 is 2.40 bits per heavy atom. The number of rotatable bonds is 3. The molecule has 0 bridgehead atoms. The molecule has 2 nitrogen and oxygen atoms in total. The van der Waals surface area contributed by atoms with Crippen molar-refractivity contribution in [3.63, 3.8) is 0 Å². The molecule has 0 aromatic heterocycles. The van der Waals surface area contributed by atoms with Crippen LogP contribution in [0.4, 0.5) is 0 Å². The second kappa shape index (κ2) is 4.39. The van der Waals surface area contributed by atoms with Crippen LogP contribution in [-0.4, -0.2) is 16.3 Å². The summed E-state index contributed by atoms with van der Waals surface area (Å²) in [5.41, 5.74) is 0.380. The van der Waals surface area contributed by atoms with Gasteiger partial charge in [-0.25, -0.2) is 4.79 Å². The molecule has 0 aromatic rings. The van der Waals surface area contributed by atoms with E-state index in [0.717, 1.165) is 6.42 Å². The summed E-state index contributed by atoms with van der Waals surface area (Å²) in [5.74, 6) is -0.871. The smallest absolute Gasteiger partial charge is 0.332 e. The molecule has 1 unspecified atom stereocenters. The van der Waals surface area contributed by atoms with Gasteiger partial charge in [0.1, 0.15) is 0 Å².